The first-order valence-corrected chi connectivity index (χ1v) is 8.46. The fraction of sp³-hybridized carbons (Fsp3) is 0.0455. The van der Waals surface area contributed by atoms with Crippen LogP contribution in [-0.4, -0.2) is 18.9 Å². The largest absolute Gasteiger partial charge is 0.495 e. The molecule has 0 aromatic heterocycles. The smallest absolute Gasteiger partial charge is 0.255 e. The minimum Gasteiger partial charge on any atom is -0.495 e. The van der Waals surface area contributed by atoms with E-state index in [2.05, 4.69) is 10.6 Å². The number of nitrogens with zero attached hydrogens (tertiary/aromatic N) is 1. The van der Waals surface area contributed by atoms with Crippen molar-refractivity contribution in [3.8, 4) is 11.8 Å². The van der Waals surface area contributed by atoms with Gasteiger partial charge in [-0.05, 0) is 48.5 Å². The average molecular weight is 371 g/mol. The summed E-state index contributed by atoms with van der Waals surface area (Å²) in [6.45, 7) is 0. The average Bonchev–Trinajstić information content (AvgIpc) is 2.74. The summed E-state index contributed by atoms with van der Waals surface area (Å²) in [5.74, 6) is -0.185. The van der Waals surface area contributed by atoms with Gasteiger partial charge in [0.25, 0.3) is 11.8 Å². The molecule has 138 valence electrons. The quantitative estimate of drug-likeness (QED) is 0.707. The minimum absolute atomic E-state index is 0.329. The van der Waals surface area contributed by atoms with E-state index >= 15 is 0 Å². The highest BCUT2D eigenvalue weighted by atomic mass is 16.5. The number of ether oxygens (including phenoxy) is 1. The molecule has 0 spiro atoms. The van der Waals surface area contributed by atoms with Crippen LogP contribution in [0.3, 0.4) is 0 Å². The maximum atomic E-state index is 12.6. The molecule has 0 aliphatic rings. The first kappa shape index (κ1) is 18.7. The molecule has 0 saturated heterocycles. The van der Waals surface area contributed by atoms with Crippen LogP contribution in [0.25, 0.3) is 0 Å². The van der Waals surface area contributed by atoms with Gasteiger partial charge in [-0.25, -0.2) is 0 Å². The Morgan fingerprint density at radius 1 is 0.857 bits per heavy atom. The molecule has 0 atom stereocenters. The summed E-state index contributed by atoms with van der Waals surface area (Å²) in [7, 11) is 1.53. The van der Waals surface area contributed by atoms with E-state index in [1.807, 2.05) is 6.07 Å². The van der Waals surface area contributed by atoms with Crippen LogP contribution in [0.4, 0.5) is 11.4 Å². The van der Waals surface area contributed by atoms with Crippen LogP contribution in [0.1, 0.15) is 26.3 Å². The number of nitrogens with one attached hydrogen (secondary N) is 2. The molecule has 0 heterocycles. The molecule has 0 aliphatic carbocycles. The molecule has 3 aromatic carbocycles. The molecule has 6 heteroatoms. The summed E-state index contributed by atoms with van der Waals surface area (Å²) in [5.41, 5.74) is 2.16. The monoisotopic (exact) mass is 371 g/mol. The molecule has 0 saturated carbocycles. The normalized spacial score (nSPS) is 9.86. The number of methoxy groups -OCH3 is 1. The maximum Gasteiger partial charge on any atom is 0.255 e. The molecule has 2 amide bonds. The van der Waals surface area contributed by atoms with Gasteiger partial charge in [-0.15, -0.1) is 0 Å². The van der Waals surface area contributed by atoms with E-state index in [1.54, 1.807) is 66.7 Å². The van der Waals surface area contributed by atoms with Crippen molar-refractivity contribution in [2.24, 2.45) is 0 Å². The highest BCUT2D eigenvalue weighted by Crippen LogP contribution is 2.23. The highest BCUT2D eigenvalue weighted by molar-refractivity contribution is 6.09. The standard InChI is InChI=1S/C22H17N3O3/c1-28-20-11-3-2-10-19(20)25-22(27)17-8-5-7-16(13-17)21(26)24-18-9-4-6-15(12-18)14-23/h2-13H,1H3,(H,24,26)(H,25,27). The topological polar surface area (TPSA) is 91.2 Å². The van der Waals surface area contributed by atoms with Crippen LogP contribution in [0, 0.1) is 11.3 Å². The van der Waals surface area contributed by atoms with Gasteiger partial charge in [0.2, 0.25) is 0 Å². The van der Waals surface area contributed by atoms with Crippen LogP contribution in [0.2, 0.25) is 0 Å². The first-order valence-electron chi connectivity index (χ1n) is 8.46. The van der Waals surface area contributed by atoms with Crippen molar-refractivity contribution < 1.29 is 14.3 Å². The Bertz CT molecular complexity index is 1070. The number of para-hydroxylation sites is 2. The number of carbonyl (C=O) groups is 2. The van der Waals surface area contributed by atoms with Crippen LogP contribution >= 0.6 is 0 Å². The van der Waals surface area contributed by atoms with Gasteiger partial charge in [-0.1, -0.05) is 24.3 Å². The van der Waals surface area contributed by atoms with E-state index in [9.17, 15) is 9.59 Å². The van der Waals surface area contributed by atoms with Crippen molar-refractivity contribution in [3.63, 3.8) is 0 Å². The maximum absolute atomic E-state index is 12.6. The van der Waals surface area contributed by atoms with Crippen molar-refractivity contribution >= 4 is 23.2 Å². The number of amides is 2. The SMILES string of the molecule is COc1ccccc1NC(=O)c1cccc(C(=O)Nc2cccc(C#N)c2)c1. The van der Waals surface area contributed by atoms with Gasteiger partial charge in [0.1, 0.15) is 5.75 Å². The van der Waals surface area contributed by atoms with E-state index in [4.69, 9.17) is 10.00 Å². The second-order valence-corrected chi connectivity index (χ2v) is 5.88. The molecule has 0 aliphatic heterocycles. The number of anilines is 2. The lowest BCUT2D eigenvalue weighted by Crippen LogP contribution is -2.16. The summed E-state index contributed by atoms with van der Waals surface area (Å²) in [5, 5.41) is 14.5. The highest BCUT2D eigenvalue weighted by Gasteiger charge is 2.13. The van der Waals surface area contributed by atoms with Gasteiger partial charge in [0, 0.05) is 16.8 Å². The zero-order chi connectivity index (χ0) is 19.9. The zero-order valence-corrected chi connectivity index (χ0v) is 15.1. The van der Waals surface area contributed by atoms with Crippen LogP contribution in [0.5, 0.6) is 5.75 Å². The molecular weight excluding hydrogens is 354 g/mol. The van der Waals surface area contributed by atoms with Crippen LogP contribution in [-0.2, 0) is 0 Å². The van der Waals surface area contributed by atoms with Crippen molar-refractivity contribution in [3.05, 3.63) is 89.5 Å². The van der Waals surface area contributed by atoms with Crippen molar-refractivity contribution in [1.82, 2.24) is 0 Å². The van der Waals surface area contributed by atoms with Gasteiger partial charge in [0.15, 0.2) is 0 Å². The zero-order valence-electron chi connectivity index (χ0n) is 15.1. The summed E-state index contributed by atoms with van der Waals surface area (Å²) in [6, 6.07) is 22.1. The Hall–Kier alpha value is -4.11. The molecule has 3 rings (SSSR count). The summed E-state index contributed by atoms with van der Waals surface area (Å²) >= 11 is 0. The van der Waals surface area contributed by atoms with Gasteiger partial charge in [-0.3, -0.25) is 9.59 Å². The molecular formula is C22H17N3O3. The molecule has 28 heavy (non-hydrogen) atoms. The third-order valence-corrected chi connectivity index (χ3v) is 3.99. The summed E-state index contributed by atoms with van der Waals surface area (Å²) in [6.07, 6.45) is 0. The Labute approximate surface area is 162 Å². The number of hydrogen-bond acceptors (Lipinski definition) is 4. The van der Waals surface area contributed by atoms with Crippen LogP contribution < -0.4 is 15.4 Å². The Balaban J connectivity index is 1.76. The van der Waals surface area contributed by atoms with Crippen molar-refractivity contribution in [2.45, 2.75) is 0 Å². The van der Waals surface area contributed by atoms with E-state index in [1.165, 1.54) is 13.2 Å². The number of benzene rings is 3. The molecule has 6 nitrogen and oxygen atoms in total. The summed E-state index contributed by atoms with van der Waals surface area (Å²) < 4.78 is 5.23. The molecule has 3 aromatic rings. The number of carbonyl (C=O) groups excluding carboxylic acids is 2. The summed E-state index contributed by atoms with van der Waals surface area (Å²) in [4.78, 5) is 25.1. The molecule has 0 radical (unpaired) electrons. The van der Waals surface area contributed by atoms with E-state index in [0.29, 0.717) is 33.8 Å². The Morgan fingerprint density at radius 3 is 2.25 bits per heavy atom. The second-order valence-electron chi connectivity index (χ2n) is 5.88. The number of hydrogen-bond donors (Lipinski definition) is 2. The third kappa shape index (κ3) is 4.34. The third-order valence-electron chi connectivity index (χ3n) is 3.99. The first-order chi connectivity index (χ1) is 13.6. The lowest BCUT2D eigenvalue weighted by atomic mass is 10.1. The molecule has 2 N–H and O–H groups in total. The van der Waals surface area contributed by atoms with Crippen molar-refractivity contribution in [1.29, 1.82) is 5.26 Å². The second kappa shape index (κ2) is 8.52. The predicted molar refractivity (Wildman–Crippen MR) is 106 cm³/mol. The minimum atomic E-state index is -0.373. The fourth-order valence-electron chi connectivity index (χ4n) is 2.61. The van der Waals surface area contributed by atoms with E-state index in [0.717, 1.165) is 0 Å². The fourth-order valence-corrected chi connectivity index (χ4v) is 2.61. The van der Waals surface area contributed by atoms with Gasteiger partial charge < -0.3 is 15.4 Å². The molecule has 0 unspecified atom stereocenters. The lowest BCUT2D eigenvalue weighted by molar-refractivity contribution is 0.102. The van der Waals surface area contributed by atoms with Gasteiger partial charge in [0.05, 0.1) is 24.4 Å². The van der Waals surface area contributed by atoms with Gasteiger partial charge >= 0.3 is 0 Å². The van der Waals surface area contributed by atoms with Crippen LogP contribution in [0.15, 0.2) is 72.8 Å². The van der Waals surface area contributed by atoms with E-state index < -0.39 is 0 Å². The predicted octanol–water partition coefficient (Wildman–Crippen LogP) is 4.07. The number of rotatable bonds is 5. The Morgan fingerprint density at radius 2 is 1.54 bits per heavy atom. The molecule has 0 fully saturated rings. The lowest BCUT2D eigenvalue weighted by Gasteiger charge is -2.11. The number of nitriles is 1. The Kier molecular flexibility index (Phi) is 5.68. The molecule has 0 bridgehead atoms. The van der Waals surface area contributed by atoms with E-state index in [-0.39, 0.29) is 11.8 Å². The van der Waals surface area contributed by atoms with Gasteiger partial charge in [-0.2, -0.15) is 5.26 Å². The van der Waals surface area contributed by atoms with Crippen molar-refractivity contribution in [2.75, 3.05) is 17.7 Å².